The summed E-state index contributed by atoms with van der Waals surface area (Å²) in [5.41, 5.74) is 1.95. The number of amides is 1. The van der Waals surface area contributed by atoms with Crippen molar-refractivity contribution in [2.24, 2.45) is 0 Å². The van der Waals surface area contributed by atoms with Crippen LogP contribution >= 0.6 is 0 Å². The molecule has 1 rings (SSSR count). The van der Waals surface area contributed by atoms with E-state index >= 15 is 0 Å². The number of hydrogen-bond acceptors (Lipinski definition) is 3. The van der Waals surface area contributed by atoms with Crippen molar-refractivity contribution in [2.45, 2.75) is 19.9 Å². The van der Waals surface area contributed by atoms with Gasteiger partial charge in [0, 0.05) is 25.7 Å². The van der Waals surface area contributed by atoms with E-state index in [0.29, 0.717) is 6.54 Å². The van der Waals surface area contributed by atoms with Gasteiger partial charge in [0.05, 0.1) is 6.54 Å². The van der Waals surface area contributed by atoms with Gasteiger partial charge in [0.1, 0.15) is 5.75 Å². The number of likely N-dealkylation sites (N-methyl/N-ethyl adjacent to an activating group) is 2. The number of phenolic OH excluding ortho intramolecular Hbond substituents is 1. The number of benzene rings is 1. The Morgan fingerprint density at radius 3 is 2.50 bits per heavy atom. The Kier molecular flexibility index (Phi) is 4.73. The molecule has 1 aromatic carbocycles. The Bertz CT molecular complexity index is 430. The van der Waals surface area contributed by atoms with Crippen LogP contribution in [0, 0.1) is 6.92 Å². The molecule has 1 amide bonds. The quantitative estimate of drug-likeness (QED) is 0.886. The summed E-state index contributed by atoms with van der Waals surface area (Å²) >= 11 is 0. The van der Waals surface area contributed by atoms with E-state index in [4.69, 9.17) is 0 Å². The van der Waals surface area contributed by atoms with E-state index in [1.54, 1.807) is 25.1 Å². The van der Waals surface area contributed by atoms with Crippen LogP contribution < -0.4 is 0 Å². The lowest BCUT2D eigenvalue weighted by atomic mass is 10.0. The monoisotopic (exact) mass is 250 g/mol. The van der Waals surface area contributed by atoms with Gasteiger partial charge in [0.25, 0.3) is 0 Å². The van der Waals surface area contributed by atoms with Crippen molar-refractivity contribution in [3.05, 3.63) is 29.3 Å². The molecule has 1 aromatic rings. The topological polar surface area (TPSA) is 43.8 Å². The fourth-order valence-electron chi connectivity index (χ4n) is 1.74. The minimum absolute atomic E-state index is 0.00574. The lowest BCUT2D eigenvalue weighted by Crippen LogP contribution is -2.35. The maximum absolute atomic E-state index is 11.7. The highest BCUT2D eigenvalue weighted by Crippen LogP contribution is 2.28. The lowest BCUT2D eigenvalue weighted by Gasteiger charge is -2.26. The van der Waals surface area contributed by atoms with Crippen LogP contribution in [0.2, 0.25) is 0 Å². The van der Waals surface area contributed by atoms with Crippen molar-refractivity contribution >= 4 is 5.91 Å². The number of phenols is 1. The van der Waals surface area contributed by atoms with E-state index in [1.165, 1.54) is 0 Å². The lowest BCUT2D eigenvalue weighted by molar-refractivity contribution is -0.130. The first kappa shape index (κ1) is 14.5. The molecule has 100 valence electrons. The second kappa shape index (κ2) is 5.87. The Morgan fingerprint density at radius 2 is 1.94 bits per heavy atom. The van der Waals surface area contributed by atoms with Gasteiger partial charge < -0.3 is 10.0 Å². The van der Waals surface area contributed by atoms with Crippen molar-refractivity contribution in [3.8, 4) is 5.75 Å². The number of hydrogen-bond donors (Lipinski definition) is 1. The fraction of sp³-hybridized carbons (Fsp3) is 0.500. The molecule has 4 nitrogen and oxygen atoms in total. The summed E-state index contributed by atoms with van der Waals surface area (Å²) < 4.78 is 0. The number of aryl methyl sites for hydroxylation is 1. The molecule has 1 atom stereocenters. The van der Waals surface area contributed by atoms with Gasteiger partial charge in [-0.05, 0) is 27.0 Å². The summed E-state index contributed by atoms with van der Waals surface area (Å²) in [4.78, 5) is 15.2. The maximum Gasteiger partial charge on any atom is 0.236 e. The van der Waals surface area contributed by atoms with Crippen LogP contribution in [0.1, 0.15) is 24.1 Å². The molecular weight excluding hydrogens is 228 g/mol. The van der Waals surface area contributed by atoms with Crippen LogP contribution in [0.4, 0.5) is 0 Å². The number of carbonyl (C=O) groups excluding carboxylic acids is 1. The Balaban J connectivity index is 2.83. The molecule has 0 spiro atoms. The van der Waals surface area contributed by atoms with E-state index in [2.05, 4.69) is 0 Å². The molecule has 0 saturated carbocycles. The summed E-state index contributed by atoms with van der Waals surface area (Å²) in [6.45, 7) is 4.31. The fourth-order valence-corrected chi connectivity index (χ4v) is 1.74. The van der Waals surface area contributed by atoms with E-state index in [-0.39, 0.29) is 17.7 Å². The van der Waals surface area contributed by atoms with Crippen LogP contribution in [-0.2, 0) is 4.79 Å². The average molecular weight is 250 g/mol. The van der Waals surface area contributed by atoms with Gasteiger partial charge in [-0.15, -0.1) is 0 Å². The van der Waals surface area contributed by atoms with Crippen LogP contribution in [0.5, 0.6) is 5.75 Å². The number of rotatable bonds is 4. The molecule has 0 saturated heterocycles. The van der Waals surface area contributed by atoms with Gasteiger partial charge in [0.2, 0.25) is 5.91 Å². The summed E-state index contributed by atoms with van der Waals surface area (Å²) in [6.07, 6.45) is 0. The Hall–Kier alpha value is -1.55. The molecule has 1 N–H and O–H groups in total. The largest absolute Gasteiger partial charge is 0.508 e. The number of aromatic hydroxyl groups is 1. The molecule has 0 heterocycles. The zero-order valence-corrected chi connectivity index (χ0v) is 11.8. The number of carbonyl (C=O) groups is 1. The van der Waals surface area contributed by atoms with E-state index < -0.39 is 0 Å². The average Bonchev–Trinajstić information content (AvgIpc) is 2.31. The summed E-state index contributed by atoms with van der Waals surface area (Å²) in [6, 6.07) is 5.52. The van der Waals surface area contributed by atoms with Gasteiger partial charge in [0.15, 0.2) is 0 Å². The molecule has 18 heavy (non-hydrogen) atoms. The Labute approximate surface area is 109 Å². The standard InChI is InChI=1S/C14H22N2O2/c1-10-6-7-13(17)12(8-10)11(2)16(5)9-14(18)15(3)4/h6-8,11,17H,9H2,1-5H3. The first-order chi connectivity index (χ1) is 8.32. The van der Waals surface area contributed by atoms with E-state index in [1.807, 2.05) is 37.9 Å². The van der Waals surface area contributed by atoms with Gasteiger partial charge in [-0.25, -0.2) is 0 Å². The van der Waals surface area contributed by atoms with E-state index in [0.717, 1.165) is 11.1 Å². The molecule has 0 aromatic heterocycles. The van der Waals surface area contributed by atoms with E-state index in [9.17, 15) is 9.90 Å². The maximum atomic E-state index is 11.7. The third-order valence-corrected chi connectivity index (χ3v) is 3.18. The minimum atomic E-state index is -0.00574. The molecule has 0 aliphatic heterocycles. The molecule has 0 bridgehead atoms. The normalized spacial score (nSPS) is 12.6. The second-order valence-corrected chi connectivity index (χ2v) is 4.94. The third kappa shape index (κ3) is 3.47. The number of nitrogens with zero attached hydrogens (tertiary/aromatic N) is 2. The molecule has 0 radical (unpaired) electrons. The SMILES string of the molecule is Cc1ccc(O)c(C(C)N(C)CC(=O)N(C)C)c1. The molecular formula is C14H22N2O2. The first-order valence-corrected chi connectivity index (χ1v) is 6.03. The van der Waals surface area contributed by atoms with Gasteiger partial charge in [-0.1, -0.05) is 17.7 Å². The van der Waals surface area contributed by atoms with Gasteiger partial charge >= 0.3 is 0 Å². The first-order valence-electron chi connectivity index (χ1n) is 6.03. The van der Waals surface area contributed by atoms with Crippen LogP contribution in [0.15, 0.2) is 18.2 Å². The van der Waals surface area contributed by atoms with Gasteiger partial charge in [-0.2, -0.15) is 0 Å². The molecule has 1 unspecified atom stereocenters. The summed E-state index contributed by atoms with van der Waals surface area (Å²) in [5.74, 6) is 0.328. The molecule has 0 aliphatic carbocycles. The molecule has 4 heteroatoms. The van der Waals surface area contributed by atoms with Crippen molar-refractivity contribution in [1.82, 2.24) is 9.80 Å². The highest BCUT2D eigenvalue weighted by molar-refractivity contribution is 5.77. The highest BCUT2D eigenvalue weighted by Gasteiger charge is 2.18. The zero-order chi connectivity index (χ0) is 13.9. The summed E-state index contributed by atoms with van der Waals surface area (Å²) in [5, 5.41) is 9.88. The predicted octanol–water partition coefficient (Wildman–Crippen LogP) is 1.78. The summed E-state index contributed by atoms with van der Waals surface area (Å²) in [7, 11) is 5.36. The van der Waals surface area contributed by atoms with Crippen LogP contribution in [0.3, 0.4) is 0 Å². The predicted molar refractivity (Wildman–Crippen MR) is 72.6 cm³/mol. The van der Waals surface area contributed by atoms with Crippen molar-refractivity contribution in [3.63, 3.8) is 0 Å². The zero-order valence-electron chi connectivity index (χ0n) is 11.8. The third-order valence-electron chi connectivity index (χ3n) is 3.18. The van der Waals surface area contributed by atoms with Crippen LogP contribution in [0.25, 0.3) is 0 Å². The van der Waals surface area contributed by atoms with Crippen LogP contribution in [-0.4, -0.2) is 48.5 Å². The van der Waals surface area contributed by atoms with Crippen molar-refractivity contribution < 1.29 is 9.90 Å². The minimum Gasteiger partial charge on any atom is -0.508 e. The highest BCUT2D eigenvalue weighted by atomic mass is 16.3. The Morgan fingerprint density at radius 1 is 1.33 bits per heavy atom. The van der Waals surface area contributed by atoms with Gasteiger partial charge in [-0.3, -0.25) is 9.69 Å². The molecule has 0 fully saturated rings. The van der Waals surface area contributed by atoms with Crippen molar-refractivity contribution in [2.75, 3.05) is 27.7 Å². The second-order valence-electron chi connectivity index (χ2n) is 4.94. The smallest absolute Gasteiger partial charge is 0.236 e. The molecule has 0 aliphatic rings. The van der Waals surface area contributed by atoms with Crippen molar-refractivity contribution in [1.29, 1.82) is 0 Å².